The highest BCUT2D eigenvalue weighted by atomic mass is 32.2. The summed E-state index contributed by atoms with van der Waals surface area (Å²) in [6.07, 6.45) is 3.46. The number of fused-ring (bicyclic) bond motifs is 1. The van der Waals surface area contributed by atoms with E-state index < -0.39 is 17.1 Å². The third-order valence-corrected chi connectivity index (χ3v) is 7.65. The number of aromatic amines is 1. The minimum absolute atomic E-state index is 0.0730. The molecule has 0 saturated carbocycles. The summed E-state index contributed by atoms with van der Waals surface area (Å²) in [6.45, 7) is 1.83. The maximum atomic E-state index is 13.4. The van der Waals surface area contributed by atoms with Gasteiger partial charge in [-0.2, -0.15) is 0 Å². The quantitative estimate of drug-likeness (QED) is 0.107. The first kappa shape index (κ1) is 29.2. The Bertz CT molecular complexity index is 1780. The number of anilines is 2. The van der Waals surface area contributed by atoms with Crippen LogP contribution in [0, 0.1) is 0 Å². The lowest BCUT2D eigenvalue weighted by Gasteiger charge is -2.14. The van der Waals surface area contributed by atoms with Gasteiger partial charge in [0.1, 0.15) is 11.4 Å². The molecule has 1 atom stereocenters. The highest BCUT2D eigenvalue weighted by Crippen LogP contribution is 2.27. The van der Waals surface area contributed by atoms with Crippen LogP contribution in [0.1, 0.15) is 22.8 Å². The lowest BCUT2D eigenvalue weighted by Crippen LogP contribution is -2.30. The van der Waals surface area contributed by atoms with Crippen molar-refractivity contribution in [3.05, 3.63) is 126 Å². The van der Waals surface area contributed by atoms with Crippen molar-refractivity contribution in [2.24, 2.45) is 0 Å². The predicted molar refractivity (Wildman–Crippen MR) is 172 cm³/mol. The topological polar surface area (TPSA) is 112 Å². The molecule has 1 aromatic heterocycles. The molecule has 1 heterocycles. The monoisotopic (exact) mass is 590 g/mol. The number of benzene rings is 4. The fraction of sp³-hybridized carbons (Fsp3) is 0.0882. The Morgan fingerprint density at radius 1 is 0.837 bits per heavy atom. The summed E-state index contributed by atoms with van der Waals surface area (Å²) in [5, 5.41) is 9.25. The lowest BCUT2D eigenvalue weighted by molar-refractivity contribution is -0.115. The Labute approximate surface area is 253 Å². The number of H-pyrrole nitrogens is 1. The Kier molecular flexibility index (Phi) is 9.23. The Balaban J connectivity index is 1.28. The zero-order valence-electron chi connectivity index (χ0n) is 23.6. The molecule has 8 nitrogen and oxygen atoms in total. The molecule has 0 fully saturated rings. The second kappa shape index (κ2) is 13.6. The van der Waals surface area contributed by atoms with Crippen molar-refractivity contribution in [1.29, 1.82) is 0 Å². The van der Waals surface area contributed by atoms with Gasteiger partial charge in [0.25, 0.3) is 11.8 Å². The molecule has 0 aliphatic carbocycles. The van der Waals surface area contributed by atoms with Crippen LogP contribution in [-0.4, -0.2) is 35.1 Å². The number of thioether (sulfide) groups is 1. The average molecular weight is 591 g/mol. The molecule has 4 N–H and O–H groups in total. The minimum atomic E-state index is -0.493. The van der Waals surface area contributed by atoms with Crippen molar-refractivity contribution in [1.82, 2.24) is 10.3 Å². The number of hydrogen-bond donors (Lipinski definition) is 4. The van der Waals surface area contributed by atoms with Gasteiger partial charge in [-0.15, -0.1) is 11.8 Å². The third kappa shape index (κ3) is 7.72. The van der Waals surface area contributed by atoms with Crippen LogP contribution in [0.25, 0.3) is 17.0 Å². The van der Waals surface area contributed by atoms with E-state index in [1.807, 2.05) is 49.5 Å². The fourth-order valence-electron chi connectivity index (χ4n) is 4.28. The van der Waals surface area contributed by atoms with Crippen molar-refractivity contribution in [3.63, 3.8) is 0 Å². The van der Waals surface area contributed by atoms with Gasteiger partial charge < -0.3 is 25.7 Å². The van der Waals surface area contributed by atoms with Crippen LogP contribution < -0.4 is 20.7 Å². The normalized spacial score (nSPS) is 11.9. The molecular weight excluding hydrogens is 560 g/mol. The van der Waals surface area contributed by atoms with Gasteiger partial charge in [-0.1, -0.05) is 42.5 Å². The number of rotatable bonds is 10. The van der Waals surface area contributed by atoms with E-state index >= 15 is 0 Å². The van der Waals surface area contributed by atoms with Crippen molar-refractivity contribution in [3.8, 4) is 5.75 Å². The molecule has 0 bridgehead atoms. The summed E-state index contributed by atoms with van der Waals surface area (Å²) in [5.74, 6) is -0.364. The lowest BCUT2D eigenvalue weighted by atomic mass is 10.1. The van der Waals surface area contributed by atoms with E-state index in [4.69, 9.17) is 4.74 Å². The Hall–Kier alpha value is -5.28. The Morgan fingerprint density at radius 3 is 2.37 bits per heavy atom. The summed E-state index contributed by atoms with van der Waals surface area (Å²) >= 11 is 1.37. The van der Waals surface area contributed by atoms with Gasteiger partial charge >= 0.3 is 0 Å². The molecule has 1 unspecified atom stereocenters. The maximum absolute atomic E-state index is 13.4. The summed E-state index contributed by atoms with van der Waals surface area (Å²) < 4.78 is 5.22. The number of carbonyl (C=O) groups is 3. The number of ether oxygens (including phenoxy) is 1. The van der Waals surface area contributed by atoms with Gasteiger partial charge in [-0.3, -0.25) is 14.4 Å². The number of amides is 3. The average Bonchev–Trinajstić information content (AvgIpc) is 3.49. The molecule has 0 saturated heterocycles. The zero-order chi connectivity index (χ0) is 30.2. The number of aromatic nitrogens is 1. The second-order valence-corrected chi connectivity index (χ2v) is 11.1. The van der Waals surface area contributed by atoms with E-state index in [1.54, 1.807) is 79.9 Å². The summed E-state index contributed by atoms with van der Waals surface area (Å²) in [5.41, 5.74) is 3.38. The van der Waals surface area contributed by atoms with Gasteiger partial charge in [0.15, 0.2) is 0 Å². The number of carbonyl (C=O) groups excluding carboxylic acids is 3. The fourth-order valence-corrected chi connectivity index (χ4v) is 5.21. The van der Waals surface area contributed by atoms with E-state index in [-0.39, 0.29) is 11.6 Å². The van der Waals surface area contributed by atoms with Gasteiger partial charge in [0, 0.05) is 33.5 Å². The van der Waals surface area contributed by atoms with Crippen LogP contribution in [0.3, 0.4) is 0 Å². The van der Waals surface area contributed by atoms with Gasteiger partial charge in [0.2, 0.25) is 5.91 Å². The number of nitrogens with one attached hydrogen (secondary N) is 4. The molecule has 43 heavy (non-hydrogen) atoms. The van der Waals surface area contributed by atoms with Crippen LogP contribution >= 0.6 is 11.8 Å². The van der Waals surface area contributed by atoms with Gasteiger partial charge in [-0.25, -0.2) is 0 Å². The number of hydrogen-bond acceptors (Lipinski definition) is 5. The molecule has 9 heteroatoms. The standard InChI is InChI=1S/C34H30N4O4S/c1-22(32(39)36-27-14-13-24-17-18-35-30(24)21-27)43-29-10-6-9-26(20-29)37-34(41)31(19-23-11-15-28(42-2)16-12-23)38-33(40)25-7-4-3-5-8-25/h3-22,35H,1-2H3,(H,36,39)(H,37,41)(H,38,40)/b31-19+. The predicted octanol–water partition coefficient (Wildman–Crippen LogP) is 6.71. The SMILES string of the molecule is COc1ccc(/C=C(/NC(=O)c2ccccc2)C(=O)Nc2cccc(SC(C)C(=O)Nc3ccc4cc[nH]c4c3)c2)cc1. The molecule has 5 rings (SSSR count). The third-order valence-electron chi connectivity index (χ3n) is 6.55. The Morgan fingerprint density at radius 2 is 1.60 bits per heavy atom. The highest BCUT2D eigenvalue weighted by Gasteiger charge is 2.18. The van der Waals surface area contributed by atoms with Crippen molar-refractivity contribution < 1.29 is 19.1 Å². The van der Waals surface area contributed by atoms with Crippen LogP contribution in [-0.2, 0) is 9.59 Å². The zero-order valence-corrected chi connectivity index (χ0v) is 24.4. The van der Waals surface area contributed by atoms with Crippen LogP contribution in [0.2, 0.25) is 0 Å². The molecule has 0 aliphatic rings. The van der Waals surface area contributed by atoms with Crippen molar-refractivity contribution in [2.45, 2.75) is 17.1 Å². The van der Waals surface area contributed by atoms with Crippen LogP contribution in [0.15, 0.2) is 120 Å². The van der Waals surface area contributed by atoms with E-state index in [2.05, 4.69) is 20.9 Å². The van der Waals surface area contributed by atoms with Crippen LogP contribution in [0.4, 0.5) is 11.4 Å². The molecular formula is C34H30N4O4S. The van der Waals surface area contributed by atoms with Crippen LogP contribution in [0.5, 0.6) is 5.75 Å². The molecule has 0 radical (unpaired) electrons. The first-order chi connectivity index (χ1) is 20.9. The first-order valence-electron chi connectivity index (χ1n) is 13.6. The van der Waals surface area contributed by atoms with Gasteiger partial charge in [0.05, 0.1) is 12.4 Å². The molecule has 3 amide bonds. The number of methoxy groups -OCH3 is 1. The van der Waals surface area contributed by atoms with Gasteiger partial charge in [-0.05, 0) is 84.6 Å². The second-order valence-electron chi connectivity index (χ2n) is 9.66. The molecule has 5 aromatic rings. The molecule has 0 aliphatic heterocycles. The summed E-state index contributed by atoms with van der Waals surface area (Å²) in [7, 11) is 1.58. The first-order valence-corrected chi connectivity index (χ1v) is 14.4. The molecule has 216 valence electrons. The molecule has 4 aromatic carbocycles. The largest absolute Gasteiger partial charge is 0.497 e. The minimum Gasteiger partial charge on any atom is -0.497 e. The van der Waals surface area contributed by atoms with E-state index in [0.29, 0.717) is 28.3 Å². The highest BCUT2D eigenvalue weighted by molar-refractivity contribution is 8.00. The summed E-state index contributed by atoms with van der Waals surface area (Å²) in [6, 6.07) is 30.7. The smallest absolute Gasteiger partial charge is 0.272 e. The van der Waals surface area contributed by atoms with Crippen molar-refractivity contribution >= 4 is 57.8 Å². The van der Waals surface area contributed by atoms with E-state index in [1.165, 1.54) is 11.8 Å². The summed E-state index contributed by atoms with van der Waals surface area (Å²) in [4.78, 5) is 43.2. The molecule has 0 spiro atoms. The van der Waals surface area contributed by atoms with E-state index in [0.717, 1.165) is 15.8 Å². The van der Waals surface area contributed by atoms with E-state index in [9.17, 15) is 14.4 Å². The maximum Gasteiger partial charge on any atom is 0.272 e. The van der Waals surface area contributed by atoms with Crippen molar-refractivity contribution in [2.75, 3.05) is 17.7 Å².